The molecule has 0 aromatic carbocycles. The second-order valence-corrected chi connectivity index (χ2v) is 7.11. The van der Waals surface area contributed by atoms with Crippen LogP contribution in [0.1, 0.15) is 43.6 Å². The van der Waals surface area contributed by atoms with Gasteiger partial charge in [0.1, 0.15) is 5.69 Å². The first kappa shape index (κ1) is 15.4. The molecule has 2 aromatic heterocycles. The minimum absolute atomic E-state index is 0.0142. The van der Waals surface area contributed by atoms with E-state index < -0.39 is 0 Å². The molecule has 0 radical (unpaired) electrons. The Morgan fingerprint density at radius 1 is 1.33 bits per heavy atom. The summed E-state index contributed by atoms with van der Waals surface area (Å²) in [4.78, 5) is 17.5. The Bertz CT molecular complexity index is 706. The third-order valence-electron chi connectivity index (χ3n) is 5.31. The number of likely N-dealkylation sites (tertiary alicyclic amines) is 1. The Balaban J connectivity index is 1.51. The first-order valence-electron chi connectivity index (χ1n) is 8.79. The number of fused-ring (bicyclic) bond motifs is 2. The highest BCUT2D eigenvalue weighted by molar-refractivity contribution is 5.93. The van der Waals surface area contributed by atoms with Crippen LogP contribution in [-0.2, 0) is 0 Å². The van der Waals surface area contributed by atoms with Crippen LogP contribution in [0, 0.1) is 0 Å². The lowest BCUT2D eigenvalue weighted by Crippen LogP contribution is -2.44. The monoisotopic (exact) mass is 328 g/mol. The summed E-state index contributed by atoms with van der Waals surface area (Å²) in [6.07, 6.45) is 5.11. The number of H-pyrrole nitrogens is 1. The summed E-state index contributed by atoms with van der Waals surface area (Å²) in [7, 11) is 0. The molecule has 2 saturated heterocycles. The number of carbonyl (C=O) groups excluding carboxylic acids is 1. The summed E-state index contributed by atoms with van der Waals surface area (Å²) >= 11 is 0. The number of amides is 1. The molecule has 0 saturated carbocycles. The smallest absolute Gasteiger partial charge is 0.274 e. The van der Waals surface area contributed by atoms with Crippen molar-refractivity contribution < 1.29 is 9.21 Å². The van der Waals surface area contributed by atoms with Gasteiger partial charge < -0.3 is 9.32 Å². The van der Waals surface area contributed by atoms with Crippen LogP contribution in [-0.4, -0.2) is 57.1 Å². The number of aromatic nitrogens is 2. The number of hydrogen-bond acceptors (Lipinski definition) is 4. The van der Waals surface area contributed by atoms with Crippen molar-refractivity contribution in [3.63, 3.8) is 0 Å². The SMILES string of the molecule is CC(C)N1C2CCC1CN(C(=O)c1cc(-c3ccco3)[nH]n1)CC2. The molecule has 4 rings (SSSR count). The molecule has 2 aromatic rings. The van der Waals surface area contributed by atoms with Gasteiger partial charge in [0.15, 0.2) is 11.5 Å². The molecule has 6 nitrogen and oxygen atoms in total. The van der Waals surface area contributed by atoms with Gasteiger partial charge in [-0.05, 0) is 45.2 Å². The Morgan fingerprint density at radius 3 is 2.92 bits per heavy atom. The highest BCUT2D eigenvalue weighted by atomic mass is 16.3. The maximum atomic E-state index is 12.9. The maximum absolute atomic E-state index is 12.9. The van der Waals surface area contributed by atoms with Gasteiger partial charge in [0, 0.05) is 37.3 Å². The van der Waals surface area contributed by atoms with E-state index in [-0.39, 0.29) is 5.91 Å². The second-order valence-electron chi connectivity index (χ2n) is 7.11. The van der Waals surface area contributed by atoms with Crippen LogP contribution in [0.5, 0.6) is 0 Å². The molecule has 2 unspecified atom stereocenters. The number of hydrogen-bond donors (Lipinski definition) is 1. The maximum Gasteiger partial charge on any atom is 0.274 e. The fourth-order valence-electron chi connectivity index (χ4n) is 4.29. The van der Waals surface area contributed by atoms with Gasteiger partial charge in [-0.15, -0.1) is 0 Å². The van der Waals surface area contributed by atoms with Crippen molar-refractivity contribution in [2.75, 3.05) is 13.1 Å². The van der Waals surface area contributed by atoms with Crippen LogP contribution in [0.2, 0.25) is 0 Å². The van der Waals surface area contributed by atoms with Gasteiger partial charge in [-0.25, -0.2) is 0 Å². The Hall–Kier alpha value is -2.08. The summed E-state index contributed by atoms with van der Waals surface area (Å²) in [5.74, 6) is 0.711. The molecule has 2 aliphatic heterocycles. The van der Waals surface area contributed by atoms with Crippen molar-refractivity contribution in [2.45, 2.75) is 51.2 Å². The molecule has 24 heavy (non-hydrogen) atoms. The van der Waals surface area contributed by atoms with E-state index in [4.69, 9.17) is 4.42 Å². The van der Waals surface area contributed by atoms with E-state index in [0.29, 0.717) is 29.6 Å². The van der Waals surface area contributed by atoms with E-state index in [9.17, 15) is 4.79 Å². The van der Waals surface area contributed by atoms with Crippen molar-refractivity contribution in [1.82, 2.24) is 20.0 Å². The second kappa shape index (κ2) is 6.09. The number of carbonyl (C=O) groups is 1. The minimum atomic E-state index is 0.0142. The number of rotatable bonds is 3. The summed E-state index contributed by atoms with van der Waals surface area (Å²) in [5.41, 5.74) is 1.21. The third-order valence-corrected chi connectivity index (χ3v) is 5.31. The van der Waals surface area contributed by atoms with Crippen LogP contribution >= 0.6 is 0 Å². The lowest BCUT2D eigenvalue weighted by atomic mass is 10.1. The van der Waals surface area contributed by atoms with Gasteiger partial charge in [0.05, 0.1) is 6.26 Å². The van der Waals surface area contributed by atoms with Crippen molar-refractivity contribution in [3.8, 4) is 11.5 Å². The zero-order valence-corrected chi connectivity index (χ0v) is 14.2. The van der Waals surface area contributed by atoms with E-state index >= 15 is 0 Å². The number of furan rings is 1. The van der Waals surface area contributed by atoms with Gasteiger partial charge in [-0.3, -0.25) is 14.8 Å². The lowest BCUT2D eigenvalue weighted by molar-refractivity contribution is 0.0722. The summed E-state index contributed by atoms with van der Waals surface area (Å²) in [6, 6.07) is 7.09. The molecule has 0 spiro atoms. The van der Waals surface area contributed by atoms with Gasteiger partial charge in [-0.2, -0.15) is 5.10 Å². The average molecular weight is 328 g/mol. The van der Waals surface area contributed by atoms with Crippen LogP contribution in [0.4, 0.5) is 0 Å². The highest BCUT2D eigenvalue weighted by Gasteiger charge is 2.39. The van der Waals surface area contributed by atoms with Gasteiger partial charge in [-0.1, -0.05) is 0 Å². The summed E-state index contributed by atoms with van der Waals surface area (Å²) in [5, 5.41) is 7.11. The van der Waals surface area contributed by atoms with Gasteiger partial charge in [0.2, 0.25) is 0 Å². The first-order chi connectivity index (χ1) is 11.6. The quantitative estimate of drug-likeness (QED) is 0.941. The summed E-state index contributed by atoms with van der Waals surface area (Å²) in [6.45, 7) is 6.13. The molecule has 2 bridgehead atoms. The standard InChI is InChI=1S/C18H24N4O2/c1-12(2)22-13-5-6-14(22)11-21(8-7-13)18(23)16-10-15(19-20-16)17-4-3-9-24-17/h3-4,9-10,12-14H,5-8,11H2,1-2H3,(H,19,20). The highest BCUT2D eigenvalue weighted by Crippen LogP contribution is 2.32. The number of nitrogens with zero attached hydrogens (tertiary/aromatic N) is 3. The molecule has 2 fully saturated rings. The van der Waals surface area contributed by atoms with Crippen molar-refractivity contribution in [2.24, 2.45) is 0 Å². The Kier molecular flexibility index (Phi) is 3.92. The van der Waals surface area contributed by atoms with Crippen molar-refractivity contribution in [3.05, 3.63) is 30.2 Å². The molecule has 6 heteroatoms. The van der Waals surface area contributed by atoms with E-state index in [1.54, 1.807) is 12.3 Å². The molecule has 128 valence electrons. The van der Waals surface area contributed by atoms with Crippen LogP contribution < -0.4 is 0 Å². The van der Waals surface area contributed by atoms with Crippen molar-refractivity contribution >= 4 is 5.91 Å². The zero-order valence-electron chi connectivity index (χ0n) is 14.2. The van der Waals surface area contributed by atoms with E-state index in [1.165, 1.54) is 12.8 Å². The largest absolute Gasteiger partial charge is 0.463 e. The van der Waals surface area contributed by atoms with Gasteiger partial charge in [0.25, 0.3) is 5.91 Å². The lowest BCUT2D eigenvalue weighted by Gasteiger charge is -2.32. The molecule has 2 aliphatic rings. The normalized spacial score (nSPS) is 24.5. The van der Waals surface area contributed by atoms with E-state index in [0.717, 1.165) is 25.2 Å². The Morgan fingerprint density at radius 2 is 2.17 bits per heavy atom. The first-order valence-corrected chi connectivity index (χ1v) is 8.79. The molecule has 4 heterocycles. The topological polar surface area (TPSA) is 65.4 Å². The molecule has 2 atom stereocenters. The summed E-state index contributed by atoms with van der Waals surface area (Å²) < 4.78 is 5.36. The fourth-order valence-corrected chi connectivity index (χ4v) is 4.29. The van der Waals surface area contributed by atoms with Gasteiger partial charge >= 0.3 is 0 Å². The Labute approximate surface area is 141 Å². The van der Waals surface area contributed by atoms with Crippen LogP contribution in [0.25, 0.3) is 11.5 Å². The molecule has 1 amide bonds. The molecule has 1 N–H and O–H groups in total. The van der Waals surface area contributed by atoms with E-state index in [1.807, 2.05) is 17.0 Å². The molecular weight excluding hydrogens is 304 g/mol. The molecule has 0 aliphatic carbocycles. The average Bonchev–Trinajstić information content (AvgIpc) is 3.24. The predicted molar refractivity (Wildman–Crippen MR) is 90.6 cm³/mol. The van der Waals surface area contributed by atoms with Crippen molar-refractivity contribution in [1.29, 1.82) is 0 Å². The van der Waals surface area contributed by atoms with E-state index in [2.05, 4.69) is 28.9 Å². The zero-order chi connectivity index (χ0) is 16.7. The van der Waals surface area contributed by atoms with Crippen LogP contribution in [0.15, 0.2) is 28.9 Å². The number of aromatic amines is 1. The third kappa shape index (κ3) is 2.65. The number of nitrogens with one attached hydrogen (secondary N) is 1. The molecular formula is C18H24N4O2. The fraction of sp³-hybridized carbons (Fsp3) is 0.556. The predicted octanol–water partition coefficient (Wildman–Crippen LogP) is 2.76. The van der Waals surface area contributed by atoms with Crippen LogP contribution in [0.3, 0.4) is 0 Å². The minimum Gasteiger partial charge on any atom is -0.463 e.